The van der Waals surface area contributed by atoms with Crippen LogP contribution in [0.25, 0.3) is 0 Å². The minimum atomic E-state index is -0.107. The van der Waals surface area contributed by atoms with Crippen LogP contribution in [0.1, 0.15) is 15.9 Å². The van der Waals surface area contributed by atoms with Crippen LogP contribution in [0.2, 0.25) is 0 Å². The van der Waals surface area contributed by atoms with Gasteiger partial charge in [-0.15, -0.1) is 0 Å². The number of methoxy groups -OCH3 is 2. The van der Waals surface area contributed by atoms with Crippen LogP contribution in [0.15, 0.2) is 45.3 Å². The molecule has 0 saturated heterocycles. The quantitative estimate of drug-likeness (QED) is 0.684. The highest BCUT2D eigenvalue weighted by Crippen LogP contribution is 2.36. The third-order valence-electron chi connectivity index (χ3n) is 3.40. The van der Waals surface area contributed by atoms with Gasteiger partial charge >= 0.3 is 0 Å². The van der Waals surface area contributed by atoms with E-state index in [0.29, 0.717) is 28.1 Å². The molecule has 0 saturated carbocycles. The summed E-state index contributed by atoms with van der Waals surface area (Å²) in [4.78, 5) is 14.3. The van der Waals surface area contributed by atoms with Crippen molar-refractivity contribution in [1.82, 2.24) is 4.90 Å². The van der Waals surface area contributed by atoms with E-state index in [9.17, 15) is 4.79 Å². The first-order valence-corrected chi connectivity index (χ1v) is 8.47. The topological polar surface area (TPSA) is 38.8 Å². The van der Waals surface area contributed by atoms with Crippen LogP contribution in [0.3, 0.4) is 0 Å². The predicted molar refractivity (Wildman–Crippen MR) is 97.2 cm³/mol. The molecule has 0 unspecified atom stereocenters. The Kier molecular flexibility index (Phi) is 6.07. The van der Waals surface area contributed by atoms with Gasteiger partial charge in [-0.1, -0.05) is 34.1 Å². The second-order valence-electron chi connectivity index (χ2n) is 4.95. The summed E-state index contributed by atoms with van der Waals surface area (Å²) in [5.74, 6) is 1.01. The maximum absolute atomic E-state index is 12.7. The van der Waals surface area contributed by atoms with Crippen molar-refractivity contribution in [3.8, 4) is 11.5 Å². The molecule has 0 aliphatic carbocycles. The smallest absolute Gasteiger partial charge is 0.254 e. The van der Waals surface area contributed by atoms with Gasteiger partial charge in [0.25, 0.3) is 5.91 Å². The largest absolute Gasteiger partial charge is 0.495 e. The van der Waals surface area contributed by atoms with E-state index in [0.717, 1.165) is 10.0 Å². The maximum Gasteiger partial charge on any atom is 0.254 e. The summed E-state index contributed by atoms with van der Waals surface area (Å²) in [6, 6.07) is 11.2. The highest BCUT2D eigenvalue weighted by Gasteiger charge is 2.18. The van der Waals surface area contributed by atoms with Gasteiger partial charge in [-0.25, -0.2) is 0 Å². The van der Waals surface area contributed by atoms with Crippen LogP contribution in [0, 0.1) is 0 Å². The Morgan fingerprint density at radius 2 is 1.65 bits per heavy atom. The standard InChI is InChI=1S/C17H17Br2NO3/c1-20(10-11-6-4-5-7-13(11)18)17(21)12-8-14(22-2)16(19)15(9-12)23-3/h4-9H,10H2,1-3H3. The molecule has 0 heterocycles. The number of hydrogen-bond acceptors (Lipinski definition) is 3. The van der Waals surface area contributed by atoms with Gasteiger partial charge in [-0.3, -0.25) is 4.79 Å². The van der Waals surface area contributed by atoms with Gasteiger partial charge < -0.3 is 14.4 Å². The van der Waals surface area contributed by atoms with E-state index >= 15 is 0 Å². The van der Waals surface area contributed by atoms with Crippen LogP contribution < -0.4 is 9.47 Å². The molecule has 0 fully saturated rings. The van der Waals surface area contributed by atoms with Crippen molar-refractivity contribution in [2.24, 2.45) is 0 Å². The van der Waals surface area contributed by atoms with Crippen molar-refractivity contribution >= 4 is 37.8 Å². The Morgan fingerprint density at radius 3 is 2.17 bits per heavy atom. The summed E-state index contributed by atoms with van der Waals surface area (Å²) < 4.78 is 12.2. The molecule has 0 bridgehead atoms. The van der Waals surface area contributed by atoms with Gasteiger partial charge in [-0.2, -0.15) is 0 Å². The Hall–Kier alpha value is -1.53. The summed E-state index contributed by atoms with van der Waals surface area (Å²) >= 11 is 6.91. The van der Waals surface area contributed by atoms with Crippen molar-refractivity contribution in [3.63, 3.8) is 0 Å². The van der Waals surface area contributed by atoms with Crippen LogP contribution in [-0.2, 0) is 6.54 Å². The van der Waals surface area contributed by atoms with Gasteiger partial charge in [0.15, 0.2) is 0 Å². The van der Waals surface area contributed by atoms with Crippen molar-refractivity contribution in [2.75, 3.05) is 21.3 Å². The van der Waals surface area contributed by atoms with E-state index in [1.54, 1.807) is 38.3 Å². The molecule has 1 amide bonds. The third kappa shape index (κ3) is 4.06. The lowest BCUT2D eigenvalue weighted by atomic mass is 10.1. The lowest BCUT2D eigenvalue weighted by Gasteiger charge is -2.19. The van der Waals surface area contributed by atoms with Gasteiger partial charge in [-0.05, 0) is 39.7 Å². The van der Waals surface area contributed by atoms with Crippen molar-refractivity contribution in [3.05, 3.63) is 56.5 Å². The molecular formula is C17H17Br2NO3. The fourth-order valence-corrected chi connectivity index (χ4v) is 3.13. The Labute approximate surface area is 152 Å². The molecule has 122 valence electrons. The Balaban J connectivity index is 2.27. The minimum absolute atomic E-state index is 0.107. The Morgan fingerprint density at radius 1 is 1.09 bits per heavy atom. The first kappa shape index (κ1) is 17.8. The van der Waals surface area contributed by atoms with Crippen LogP contribution in [0.5, 0.6) is 11.5 Å². The monoisotopic (exact) mass is 441 g/mol. The van der Waals surface area contributed by atoms with Gasteiger partial charge in [0, 0.05) is 23.6 Å². The molecule has 2 aromatic rings. The first-order chi connectivity index (χ1) is 11.0. The van der Waals surface area contributed by atoms with Crippen molar-refractivity contribution in [1.29, 1.82) is 0 Å². The number of benzene rings is 2. The van der Waals surface area contributed by atoms with E-state index in [1.165, 1.54) is 0 Å². The molecule has 2 rings (SSSR count). The average Bonchev–Trinajstić information content (AvgIpc) is 2.56. The van der Waals surface area contributed by atoms with Crippen LogP contribution >= 0.6 is 31.9 Å². The summed E-state index contributed by atoms with van der Waals surface area (Å²) in [6.45, 7) is 0.501. The molecule has 0 aromatic heterocycles. The normalized spacial score (nSPS) is 10.3. The lowest BCUT2D eigenvalue weighted by molar-refractivity contribution is 0.0784. The molecule has 23 heavy (non-hydrogen) atoms. The molecule has 0 aliphatic rings. The van der Waals surface area contributed by atoms with Gasteiger partial charge in [0.05, 0.1) is 14.2 Å². The number of carbonyl (C=O) groups is 1. The molecule has 0 spiro atoms. The van der Waals surface area contributed by atoms with Gasteiger partial charge in [0.1, 0.15) is 16.0 Å². The van der Waals surface area contributed by atoms with E-state index in [4.69, 9.17) is 9.47 Å². The highest BCUT2D eigenvalue weighted by molar-refractivity contribution is 9.11. The highest BCUT2D eigenvalue weighted by atomic mass is 79.9. The zero-order valence-corrected chi connectivity index (χ0v) is 16.3. The fourth-order valence-electron chi connectivity index (χ4n) is 2.17. The molecule has 0 radical (unpaired) electrons. The molecular weight excluding hydrogens is 426 g/mol. The fraction of sp³-hybridized carbons (Fsp3) is 0.235. The maximum atomic E-state index is 12.7. The second-order valence-corrected chi connectivity index (χ2v) is 6.59. The van der Waals surface area contributed by atoms with E-state index in [-0.39, 0.29) is 5.91 Å². The summed E-state index contributed by atoms with van der Waals surface area (Å²) in [5, 5.41) is 0. The van der Waals surface area contributed by atoms with Crippen molar-refractivity contribution < 1.29 is 14.3 Å². The number of halogens is 2. The molecule has 0 N–H and O–H groups in total. The lowest BCUT2D eigenvalue weighted by Crippen LogP contribution is -2.26. The number of rotatable bonds is 5. The number of carbonyl (C=O) groups excluding carboxylic acids is 1. The zero-order valence-electron chi connectivity index (χ0n) is 13.1. The average molecular weight is 443 g/mol. The number of nitrogens with zero attached hydrogens (tertiary/aromatic N) is 1. The molecule has 4 nitrogen and oxygen atoms in total. The number of hydrogen-bond donors (Lipinski definition) is 0. The van der Waals surface area contributed by atoms with Gasteiger partial charge in [0.2, 0.25) is 0 Å². The molecule has 0 aliphatic heterocycles. The van der Waals surface area contributed by atoms with Crippen molar-refractivity contribution in [2.45, 2.75) is 6.54 Å². The SMILES string of the molecule is COc1cc(C(=O)N(C)Cc2ccccc2Br)cc(OC)c1Br. The van der Waals surface area contributed by atoms with E-state index < -0.39 is 0 Å². The zero-order chi connectivity index (χ0) is 17.0. The third-order valence-corrected chi connectivity index (χ3v) is 4.96. The molecule has 2 aromatic carbocycles. The van der Waals surface area contributed by atoms with E-state index in [2.05, 4.69) is 31.9 Å². The Bertz CT molecular complexity index is 694. The molecule has 6 heteroatoms. The second kappa shape index (κ2) is 7.84. The van der Waals surface area contributed by atoms with Crippen LogP contribution in [-0.4, -0.2) is 32.1 Å². The summed E-state index contributed by atoms with van der Waals surface area (Å²) in [6.07, 6.45) is 0. The van der Waals surface area contributed by atoms with E-state index in [1.807, 2.05) is 24.3 Å². The molecule has 0 atom stereocenters. The first-order valence-electron chi connectivity index (χ1n) is 6.88. The summed E-state index contributed by atoms with van der Waals surface area (Å²) in [5.41, 5.74) is 1.55. The number of ether oxygens (including phenoxy) is 2. The summed E-state index contributed by atoms with van der Waals surface area (Å²) in [7, 11) is 4.87. The minimum Gasteiger partial charge on any atom is -0.495 e. The predicted octanol–water partition coefficient (Wildman–Crippen LogP) is 4.50. The number of amides is 1. The van der Waals surface area contributed by atoms with Crippen LogP contribution in [0.4, 0.5) is 0 Å².